The molecule has 2 saturated heterocycles. The highest BCUT2D eigenvalue weighted by Gasteiger charge is 2.36. The minimum atomic E-state index is -3.23. The SMILES string of the molecule is Cc1nnc(CN2CCCC(S(=O)(=O)N3CCOCC3)C2)s1. The minimum Gasteiger partial charge on any atom is -0.379 e. The average Bonchev–Trinajstić information content (AvgIpc) is 2.93. The van der Waals surface area contributed by atoms with Gasteiger partial charge < -0.3 is 4.74 Å². The molecule has 2 aliphatic rings. The number of aryl methyl sites for hydroxylation is 1. The lowest BCUT2D eigenvalue weighted by Crippen LogP contribution is -2.50. The van der Waals surface area contributed by atoms with Gasteiger partial charge in [0.2, 0.25) is 10.0 Å². The zero-order chi connectivity index (χ0) is 15.6. The highest BCUT2D eigenvalue weighted by Crippen LogP contribution is 2.23. The molecule has 2 aliphatic heterocycles. The van der Waals surface area contributed by atoms with Gasteiger partial charge in [0.15, 0.2) is 0 Å². The minimum absolute atomic E-state index is 0.312. The maximum atomic E-state index is 12.8. The number of morpholine rings is 1. The molecule has 1 atom stereocenters. The number of nitrogens with zero attached hydrogens (tertiary/aromatic N) is 4. The van der Waals surface area contributed by atoms with Crippen LogP contribution in [0.15, 0.2) is 0 Å². The fourth-order valence-corrected chi connectivity index (χ4v) is 5.70. The van der Waals surface area contributed by atoms with Gasteiger partial charge in [0.25, 0.3) is 0 Å². The van der Waals surface area contributed by atoms with Gasteiger partial charge in [-0.1, -0.05) is 0 Å². The van der Waals surface area contributed by atoms with E-state index in [0.29, 0.717) is 39.4 Å². The van der Waals surface area contributed by atoms with Crippen LogP contribution >= 0.6 is 11.3 Å². The topological polar surface area (TPSA) is 75.6 Å². The second-order valence-corrected chi connectivity index (χ2v) is 9.25. The molecule has 0 aromatic carbocycles. The van der Waals surface area contributed by atoms with Crippen molar-refractivity contribution in [3.8, 4) is 0 Å². The van der Waals surface area contributed by atoms with Crippen molar-refractivity contribution in [3.63, 3.8) is 0 Å². The highest BCUT2D eigenvalue weighted by molar-refractivity contribution is 7.89. The Hall–Kier alpha value is -0.610. The van der Waals surface area contributed by atoms with Gasteiger partial charge in [-0.15, -0.1) is 21.5 Å². The Labute approximate surface area is 135 Å². The molecule has 22 heavy (non-hydrogen) atoms. The molecule has 9 heteroatoms. The maximum Gasteiger partial charge on any atom is 0.218 e. The number of rotatable bonds is 4. The lowest BCUT2D eigenvalue weighted by molar-refractivity contribution is 0.0719. The summed E-state index contributed by atoms with van der Waals surface area (Å²) in [5.74, 6) is 0. The number of hydrogen-bond acceptors (Lipinski definition) is 7. The molecule has 0 aliphatic carbocycles. The molecule has 0 spiro atoms. The molecule has 0 N–H and O–H groups in total. The van der Waals surface area contributed by atoms with Crippen LogP contribution in [0.2, 0.25) is 0 Å². The van der Waals surface area contributed by atoms with Crippen LogP contribution in [-0.2, 0) is 21.3 Å². The van der Waals surface area contributed by atoms with E-state index >= 15 is 0 Å². The largest absolute Gasteiger partial charge is 0.379 e. The number of hydrogen-bond donors (Lipinski definition) is 0. The van der Waals surface area contributed by atoms with Gasteiger partial charge in [0.05, 0.1) is 25.0 Å². The fourth-order valence-electron chi connectivity index (χ4n) is 3.00. The molecule has 7 nitrogen and oxygen atoms in total. The summed E-state index contributed by atoms with van der Waals surface area (Å²) in [4.78, 5) is 2.19. The summed E-state index contributed by atoms with van der Waals surface area (Å²) in [5, 5.41) is 9.76. The zero-order valence-electron chi connectivity index (χ0n) is 12.8. The lowest BCUT2D eigenvalue weighted by atomic mass is 10.1. The van der Waals surface area contributed by atoms with Crippen molar-refractivity contribution < 1.29 is 13.2 Å². The molecule has 0 radical (unpaired) electrons. The van der Waals surface area contributed by atoms with Crippen LogP contribution in [0.5, 0.6) is 0 Å². The summed E-state index contributed by atoms with van der Waals surface area (Å²) in [5.41, 5.74) is 0. The second-order valence-electron chi connectivity index (χ2n) is 5.77. The fraction of sp³-hybridized carbons (Fsp3) is 0.846. The first kappa shape index (κ1) is 16.3. The predicted molar refractivity (Wildman–Crippen MR) is 84.3 cm³/mol. The number of ether oxygens (including phenoxy) is 1. The molecular formula is C13H22N4O3S2. The smallest absolute Gasteiger partial charge is 0.218 e. The van der Waals surface area contributed by atoms with E-state index in [0.717, 1.165) is 29.4 Å². The van der Waals surface area contributed by atoms with Gasteiger partial charge in [0, 0.05) is 19.6 Å². The Morgan fingerprint density at radius 1 is 1.27 bits per heavy atom. The monoisotopic (exact) mass is 346 g/mol. The molecule has 1 unspecified atom stereocenters. The summed E-state index contributed by atoms with van der Waals surface area (Å²) >= 11 is 1.58. The number of likely N-dealkylation sites (tertiary alicyclic amines) is 1. The van der Waals surface area contributed by atoms with E-state index in [-0.39, 0.29) is 5.25 Å². The molecule has 0 saturated carbocycles. The number of piperidine rings is 1. The predicted octanol–water partition coefficient (Wildman–Crippen LogP) is 0.473. The zero-order valence-corrected chi connectivity index (χ0v) is 14.4. The number of sulfonamides is 1. The van der Waals surface area contributed by atoms with E-state index in [4.69, 9.17) is 4.74 Å². The Balaban J connectivity index is 1.64. The van der Waals surface area contributed by atoms with Crippen LogP contribution in [0.4, 0.5) is 0 Å². The summed E-state index contributed by atoms with van der Waals surface area (Å²) in [6.07, 6.45) is 1.65. The first-order valence-corrected chi connectivity index (χ1v) is 9.96. The first-order valence-electron chi connectivity index (χ1n) is 7.64. The highest BCUT2D eigenvalue weighted by atomic mass is 32.2. The molecule has 0 bridgehead atoms. The van der Waals surface area contributed by atoms with Gasteiger partial charge in [-0.2, -0.15) is 4.31 Å². The lowest BCUT2D eigenvalue weighted by Gasteiger charge is -2.36. The third kappa shape index (κ3) is 3.65. The van der Waals surface area contributed by atoms with Crippen molar-refractivity contribution in [2.24, 2.45) is 0 Å². The summed E-state index contributed by atoms with van der Waals surface area (Å²) in [6, 6.07) is 0. The Kier molecular flexibility index (Phi) is 5.08. The molecular weight excluding hydrogens is 324 g/mol. The van der Waals surface area contributed by atoms with Crippen molar-refractivity contribution in [3.05, 3.63) is 10.0 Å². The standard InChI is InChI=1S/C13H22N4O3S2/c1-11-14-15-13(21-11)10-16-4-2-3-12(9-16)22(18,19)17-5-7-20-8-6-17/h12H,2-10H2,1H3. The van der Waals surface area contributed by atoms with Gasteiger partial charge >= 0.3 is 0 Å². The van der Waals surface area contributed by atoms with Crippen molar-refractivity contribution in [1.82, 2.24) is 19.4 Å². The van der Waals surface area contributed by atoms with Crippen molar-refractivity contribution in [2.75, 3.05) is 39.4 Å². The summed E-state index contributed by atoms with van der Waals surface area (Å²) in [7, 11) is -3.23. The first-order chi connectivity index (χ1) is 10.6. The van der Waals surface area contributed by atoms with Crippen LogP contribution in [0.25, 0.3) is 0 Å². The molecule has 124 valence electrons. The van der Waals surface area contributed by atoms with E-state index < -0.39 is 10.0 Å². The van der Waals surface area contributed by atoms with Crippen LogP contribution in [0.3, 0.4) is 0 Å². The van der Waals surface area contributed by atoms with E-state index in [1.807, 2.05) is 6.92 Å². The van der Waals surface area contributed by atoms with Crippen LogP contribution < -0.4 is 0 Å². The summed E-state index contributed by atoms with van der Waals surface area (Å²) in [6.45, 7) is 6.10. The van der Waals surface area contributed by atoms with E-state index in [1.54, 1.807) is 15.6 Å². The number of aromatic nitrogens is 2. The summed E-state index contributed by atoms with van der Waals surface area (Å²) < 4.78 is 32.4. The molecule has 1 aromatic heterocycles. The maximum absolute atomic E-state index is 12.8. The Morgan fingerprint density at radius 3 is 2.73 bits per heavy atom. The van der Waals surface area contributed by atoms with Gasteiger partial charge in [0.1, 0.15) is 10.0 Å². The molecule has 3 rings (SSSR count). The van der Waals surface area contributed by atoms with Gasteiger partial charge in [-0.05, 0) is 26.3 Å². The van der Waals surface area contributed by atoms with Crippen LogP contribution in [-0.4, -0.2) is 72.5 Å². The average molecular weight is 346 g/mol. The molecule has 0 amide bonds. The molecule has 1 aromatic rings. The molecule has 2 fully saturated rings. The Morgan fingerprint density at radius 2 is 2.05 bits per heavy atom. The van der Waals surface area contributed by atoms with E-state index in [2.05, 4.69) is 15.1 Å². The quantitative estimate of drug-likeness (QED) is 0.789. The van der Waals surface area contributed by atoms with Crippen molar-refractivity contribution >= 4 is 21.4 Å². The second kappa shape index (κ2) is 6.88. The normalized spacial score (nSPS) is 25.4. The van der Waals surface area contributed by atoms with Gasteiger partial charge in [-0.25, -0.2) is 8.42 Å². The van der Waals surface area contributed by atoms with E-state index in [9.17, 15) is 8.42 Å². The Bertz CT molecular complexity index is 598. The molecule has 3 heterocycles. The van der Waals surface area contributed by atoms with Crippen molar-refractivity contribution in [2.45, 2.75) is 31.6 Å². The third-order valence-electron chi connectivity index (χ3n) is 4.14. The van der Waals surface area contributed by atoms with Crippen LogP contribution in [0, 0.1) is 6.92 Å². The van der Waals surface area contributed by atoms with Gasteiger partial charge in [-0.3, -0.25) is 4.90 Å². The van der Waals surface area contributed by atoms with E-state index in [1.165, 1.54) is 0 Å². The van der Waals surface area contributed by atoms with Crippen molar-refractivity contribution in [1.29, 1.82) is 0 Å². The van der Waals surface area contributed by atoms with Crippen LogP contribution in [0.1, 0.15) is 22.9 Å². The third-order valence-corrected chi connectivity index (χ3v) is 7.28.